The van der Waals surface area contributed by atoms with Crippen LogP contribution in [-0.2, 0) is 20.8 Å². The van der Waals surface area contributed by atoms with Gasteiger partial charge in [-0.05, 0) is 18.4 Å². The first-order chi connectivity index (χ1) is 11.5. The number of amides is 3. The van der Waals surface area contributed by atoms with Crippen molar-refractivity contribution in [1.29, 1.82) is 0 Å². The summed E-state index contributed by atoms with van der Waals surface area (Å²) in [6, 6.07) is 9.00. The molecule has 6 nitrogen and oxygen atoms in total. The monoisotopic (exact) mass is 329 g/mol. The Morgan fingerprint density at radius 3 is 2.67 bits per heavy atom. The Balaban J connectivity index is 1.59. The highest BCUT2D eigenvalue weighted by atomic mass is 16.2. The molecule has 6 heteroatoms. The van der Waals surface area contributed by atoms with E-state index in [1.165, 1.54) is 0 Å². The van der Waals surface area contributed by atoms with Crippen LogP contribution in [0.3, 0.4) is 0 Å². The van der Waals surface area contributed by atoms with Crippen molar-refractivity contribution in [3.63, 3.8) is 0 Å². The number of nitrogens with one attached hydrogen (secondary N) is 1. The minimum Gasteiger partial charge on any atom is -0.349 e. The highest BCUT2D eigenvalue weighted by Gasteiger charge is 2.36. The van der Waals surface area contributed by atoms with Gasteiger partial charge in [0.05, 0.1) is 12.5 Å². The first-order valence-electron chi connectivity index (χ1n) is 8.42. The topological polar surface area (TPSA) is 69.7 Å². The maximum atomic E-state index is 12.6. The first-order valence-corrected chi connectivity index (χ1v) is 8.42. The van der Waals surface area contributed by atoms with Crippen molar-refractivity contribution in [2.75, 3.05) is 20.1 Å². The minimum absolute atomic E-state index is 0.0153. The summed E-state index contributed by atoms with van der Waals surface area (Å²) in [4.78, 5) is 40.0. The summed E-state index contributed by atoms with van der Waals surface area (Å²) in [5, 5.41) is 2.94. The lowest BCUT2D eigenvalue weighted by atomic mass is 10.1. The zero-order chi connectivity index (χ0) is 17.1. The Morgan fingerprint density at radius 1 is 1.25 bits per heavy atom. The van der Waals surface area contributed by atoms with E-state index in [0.717, 1.165) is 12.0 Å². The molecule has 2 fully saturated rings. The van der Waals surface area contributed by atoms with Crippen molar-refractivity contribution < 1.29 is 14.4 Å². The Morgan fingerprint density at radius 2 is 2.00 bits per heavy atom. The quantitative estimate of drug-likeness (QED) is 0.878. The molecule has 0 spiro atoms. The molecule has 0 unspecified atom stereocenters. The van der Waals surface area contributed by atoms with Gasteiger partial charge in [0.25, 0.3) is 0 Å². The van der Waals surface area contributed by atoms with Crippen molar-refractivity contribution in [3.8, 4) is 0 Å². The number of nitrogens with zero attached hydrogens (tertiary/aromatic N) is 2. The number of carbonyl (C=O) groups is 3. The molecular weight excluding hydrogens is 306 g/mol. The minimum atomic E-state index is -0.415. The molecule has 0 bridgehead atoms. The molecule has 2 aliphatic rings. The number of benzene rings is 1. The summed E-state index contributed by atoms with van der Waals surface area (Å²) < 4.78 is 0. The number of likely N-dealkylation sites (N-methyl/N-ethyl adjacent to an activating group) is 1. The van der Waals surface area contributed by atoms with Gasteiger partial charge < -0.3 is 15.1 Å². The Kier molecular flexibility index (Phi) is 4.83. The Bertz CT molecular complexity index is 632. The van der Waals surface area contributed by atoms with Gasteiger partial charge in [0, 0.05) is 26.6 Å². The van der Waals surface area contributed by atoms with E-state index in [4.69, 9.17) is 0 Å². The number of carbonyl (C=O) groups excluding carboxylic acids is 3. The summed E-state index contributed by atoms with van der Waals surface area (Å²) in [7, 11) is 1.74. The molecule has 0 aromatic heterocycles. The fourth-order valence-electron chi connectivity index (χ4n) is 3.47. The highest BCUT2D eigenvalue weighted by molar-refractivity contribution is 5.90. The molecule has 1 aromatic rings. The molecule has 2 heterocycles. The molecule has 2 aliphatic heterocycles. The van der Waals surface area contributed by atoms with Crippen molar-refractivity contribution in [3.05, 3.63) is 35.9 Å². The molecule has 128 valence electrons. The molecule has 2 saturated heterocycles. The SMILES string of the molecule is CN1C[C@H](NC(=O)[C@@H]2CCCN2C(=O)Cc2ccccc2)CC1=O. The summed E-state index contributed by atoms with van der Waals surface area (Å²) in [5.41, 5.74) is 0.955. The van der Waals surface area contributed by atoms with E-state index in [2.05, 4.69) is 5.32 Å². The molecule has 3 rings (SSSR count). The molecule has 1 N–H and O–H groups in total. The van der Waals surface area contributed by atoms with E-state index in [-0.39, 0.29) is 23.8 Å². The van der Waals surface area contributed by atoms with Gasteiger partial charge in [-0.2, -0.15) is 0 Å². The molecule has 1 aromatic carbocycles. The molecule has 0 aliphatic carbocycles. The third kappa shape index (κ3) is 3.58. The highest BCUT2D eigenvalue weighted by Crippen LogP contribution is 2.20. The van der Waals surface area contributed by atoms with E-state index in [9.17, 15) is 14.4 Å². The predicted octanol–water partition coefficient (Wildman–Crippen LogP) is 0.567. The van der Waals surface area contributed by atoms with Crippen molar-refractivity contribution in [2.24, 2.45) is 0 Å². The van der Waals surface area contributed by atoms with Crippen LogP contribution in [0.1, 0.15) is 24.8 Å². The van der Waals surface area contributed by atoms with Gasteiger partial charge in [-0.3, -0.25) is 14.4 Å². The van der Waals surface area contributed by atoms with Crippen molar-refractivity contribution >= 4 is 17.7 Å². The van der Waals surface area contributed by atoms with Gasteiger partial charge in [0.15, 0.2) is 0 Å². The van der Waals surface area contributed by atoms with Crippen LogP contribution in [-0.4, -0.2) is 59.7 Å². The van der Waals surface area contributed by atoms with Gasteiger partial charge in [0.1, 0.15) is 6.04 Å². The van der Waals surface area contributed by atoms with Gasteiger partial charge in [-0.1, -0.05) is 30.3 Å². The standard InChI is InChI=1S/C18H23N3O3/c1-20-12-14(11-16(20)22)19-18(24)15-8-5-9-21(15)17(23)10-13-6-3-2-4-7-13/h2-4,6-7,14-15H,5,8-12H2,1H3,(H,19,24)/t14-,15+/m1/s1. The van der Waals surface area contributed by atoms with Gasteiger partial charge in [-0.15, -0.1) is 0 Å². The van der Waals surface area contributed by atoms with Crippen molar-refractivity contribution in [2.45, 2.75) is 37.8 Å². The number of rotatable bonds is 4. The molecule has 3 amide bonds. The maximum absolute atomic E-state index is 12.6. The predicted molar refractivity (Wildman–Crippen MR) is 89.1 cm³/mol. The molecule has 24 heavy (non-hydrogen) atoms. The van der Waals surface area contributed by atoms with Crippen LogP contribution in [0.25, 0.3) is 0 Å². The number of hydrogen-bond donors (Lipinski definition) is 1. The summed E-state index contributed by atoms with van der Waals surface area (Å²) in [5.74, 6) is -0.107. The first kappa shape index (κ1) is 16.5. The van der Waals surface area contributed by atoms with Gasteiger partial charge >= 0.3 is 0 Å². The lowest BCUT2D eigenvalue weighted by Gasteiger charge is -2.25. The van der Waals surface area contributed by atoms with Crippen LogP contribution in [0.4, 0.5) is 0 Å². The zero-order valence-corrected chi connectivity index (χ0v) is 13.9. The third-order valence-electron chi connectivity index (χ3n) is 4.76. The molecule has 0 radical (unpaired) electrons. The lowest BCUT2D eigenvalue weighted by molar-refractivity contribution is -0.138. The Labute approximate surface area is 141 Å². The van der Waals surface area contributed by atoms with Crippen LogP contribution in [0, 0.1) is 0 Å². The van der Waals surface area contributed by atoms with E-state index >= 15 is 0 Å². The second-order valence-corrected chi connectivity index (χ2v) is 6.59. The normalized spacial score (nSPS) is 23.6. The van der Waals surface area contributed by atoms with Crippen molar-refractivity contribution in [1.82, 2.24) is 15.1 Å². The molecular formula is C18H23N3O3. The van der Waals surface area contributed by atoms with Crippen LogP contribution < -0.4 is 5.32 Å². The number of likely N-dealkylation sites (tertiary alicyclic amines) is 2. The largest absolute Gasteiger partial charge is 0.349 e. The van der Waals surface area contributed by atoms with Crippen LogP contribution >= 0.6 is 0 Å². The number of hydrogen-bond acceptors (Lipinski definition) is 3. The summed E-state index contributed by atoms with van der Waals surface area (Å²) >= 11 is 0. The second kappa shape index (κ2) is 7.03. The fraction of sp³-hybridized carbons (Fsp3) is 0.500. The molecule has 0 saturated carbocycles. The van der Waals surface area contributed by atoms with Crippen LogP contribution in [0.5, 0.6) is 0 Å². The second-order valence-electron chi connectivity index (χ2n) is 6.59. The maximum Gasteiger partial charge on any atom is 0.243 e. The van der Waals surface area contributed by atoms with E-state index < -0.39 is 6.04 Å². The van der Waals surface area contributed by atoms with Gasteiger partial charge in [-0.25, -0.2) is 0 Å². The van der Waals surface area contributed by atoms with E-state index in [0.29, 0.717) is 32.4 Å². The molecule has 2 atom stereocenters. The van der Waals surface area contributed by atoms with Gasteiger partial charge in [0.2, 0.25) is 17.7 Å². The smallest absolute Gasteiger partial charge is 0.243 e. The third-order valence-corrected chi connectivity index (χ3v) is 4.76. The van der Waals surface area contributed by atoms with Crippen LogP contribution in [0.2, 0.25) is 0 Å². The Hall–Kier alpha value is -2.37. The average molecular weight is 329 g/mol. The summed E-state index contributed by atoms with van der Waals surface area (Å²) in [6.45, 7) is 1.16. The van der Waals surface area contributed by atoms with E-state index in [1.54, 1.807) is 16.8 Å². The van der Waals surface area contributed by atoms with Crippen LogP contribution in [0.15, 0.2) is 30.3 Å². The summed E-state index contributed by atoms with van der Waals surface area (Å²) in [6.07, 6.45) is 2.17. The van der Waals surface area contributed by atoms with E-state index in [1.807, 2.05) is 30.3 Å². The lowest BCUT2D eigenvalue weighted by Crippen LogP contribution is -2.49. The average Bonchev–Trinajstić information content (AvgIpc) is 3.16. The fourth-order valence-corrected chi connectivity index (χ4v) is 3.47. The zero-order valence-electron chi connectivity index (χ0n) is 13.9.